The van der Waals surface area contributed by atoms with E-state index >= 15 is 0 Å². The highest BCUT2D eigenvalue weighted by Gasteiger charge is 2.09. The summed E-state index contributed by atoms with van der Waals surface area (Å²) in [5.74, 6) is 0. The number of H-pyrrole nitrogens is 1. The first-order valence-corrected chi connectivity index (χ1v) is 3.69. The third-order valence-electron chi connectivity index (χ3n) is 1.23. The number of rotatable bonds is 2. The van der Waals surface area contributed by atoms with Crippen molar-refractivity contribution in [2.75, 3.05) is 0 Å². The van der Waals surface area contributed by atoms with E-state index in [2.05, 4.69) is 10.2 Å². The summed E-state index contributed by atoms with van der Waals surface area (Å²) in [5, 5.41) is 6.55. The van der Waals surface area contributed by atoms with Crippen molar-refractivity contribution in [3.05, 3.63) is 18.0 Å². The van der Waals surface area contributed by atoms with Gasteiger partial charge < -0.3 is 4.74 Å². The van der Waals surface area contributed by atoms with Crippen LogP contribution < -0.4 is 0 Å². The average molecular weight is 154 g/mol. The van der Waals surface area contributed by atoms with Crippen molar-refractivity contribution < 1.29 is 4.74 Å². The molecule has 62 valence electrons. The molecule has 1 aromatic heterocycles. The van der Waals surface area contributed by atoms with Crippen molar-refractivity contribution in [2.24, 2.45) is 0 Å². The van der Waals surface area contributed by atoms with Crippen LogP contribution in [0.25, 0.3) is 0 Å². The number of hydrogen-bond donors (Lipinski definition) is 1. The Morgan fingerprint density at radius 1 is 1.55 bits per heavy atom. The number of nitrogens with one attached hydrogen (secondary N) is 1. The van der Waals surface area contributed by atoms with E-state index < -0.39 is 0 Å². The molecule has 0 aliphatic rings. The Kier molecular flexibility index (Phi) is 2.29. The second-order valence-electron chi connectivity index (χ2n) is 3.51. The van der Waals surface area contributed by atoms with Crippen LogP contribution in [-0.2, 0) is 11.3 Å². The second-order valence-corrected chi connectivity index (χ2v) is 3.51. The number of aromatic nitrogens is 2. The van der Waals surface area contributed by atoms with Gasteiger partial charge in [-0.2, -0.15) is 5.10 Å². The molecular weight excluding hydrogens is 140 g/mol. The number of aromatic amines is 1. The van der Waals surface area contributed by atoms with Gasteiger partial charge >= 0.3 is 0 Å². The van der Waals surface area contributed by atoms with Gasteiger partial charge in [-0.15, -0.1) is 0 Å². The van der Waals surface area contributed by atoms with Gasteiger partial charge in [0.25, 0.3) is 0 Å². The fraction of sp³-hybridized carbons (Fsp3) is 0.625. The van der Waals surface area contributed by atoms with Gasteiger partial charge in [0.05, 0.1) is 18.4 Å². The van der Waals surface area contributed by atoms with Crippen LogP contribution in [0, 0.1) is 0 Å². The molecule has 0 fully saturated rings. The van der Waals surface area contributed by atoms with Crippen LogP contribution in [0.1, 0.15) is 26.3 Å². The first-order chi connectivity index (χ1) is 5.08. The Morgan fingerprint density at radius 3 is 2.73 bits per heavy atom. The summed E-state index contributed by atoms with van der Waals surface area (Å²) in [6, 6.07) is 0. The normalized spacial score (nSPS) is 11.9. The lowest BCUT2D eigenvalue weighted by Gasteiger charge is -2.18. The lowest BCUT2D eigenvalue weighted by Crippen LogP contribution is -2.18. The Bertz CT molecular complexity index is 198. The Morgan fingerprint density at radius 2 is 2.27 bits per heavy atom. The van der Waals surface area contributed by atoms with E-state index in [0.29, 0.717) is 6.61 Å². The first-order valence-electron chi connectivity index (χ1n) is 3.69. The smallest absolute Gasteiger partial charge is 0.0754 e. The van der Waals surface area contributed by atoms with Gasteiger partial charge in [-0.1, -0.05) is 0 Å². The molecule has 0 unspecified atom stereocenters. The van der Waals surface area contributed by atoms with Crippen molar-refractivity contribution in [1.82, 2.24) is 10.2 Å². The maximum absolute atomic E-state index is 5.51. The fourth-order valence-electron chi connectivity index (χ4n) is 0.656. The highest BCUT2D eigenvalue weighted by Crippen LogP contribution is 2.09. The molecule has 11 heavy (non-hydrogen) atoms. The molecule has 0 saturated carbocycles. The van der Waals surface area contributed by atoms with Gasteiger partial charge in [0.15, 0.2) is 0 Å². The molecule has 0 saturated heterocycles. The molecule has 0 aliphatic carbocycles. The van der Waals surface area contributed by atoms with E-state index in [4.69, 9.17) is 4.74 Å². The Labute approximate surface area is 66.8 Å². The van der Waals surface area contributed by atoms with Crippen LogP contribution in [0.3, 0.4) is 0 Å². The van der Waals surface area contributed by atoms with E-state index in [1.165, 1.54) is 0 Å². The van der Waals surface area contributed by atoms with E-state index in [0.717, 1.165) is 5.56 Å². The second kappa shape index (κ2) is 3.05. The maximum atomic E-state index is 5.51. The summed E-state index contributed by atoms with van der Waals surface area (Å²) in [5.41, 5.74) is 1.01. The summed E-state index contributed by atoms with van der Waals surface area (Å²) in [4.78, 5) is 0. The third kappa shape index (κ3) is 3.18. The van der Waals surface area contributed by atoms with Crippen LogP contribution in [0.2, 0.25) is 0 Å². The topological polar surface area (TPSA) is 37.9 Å². The zero-order chi connectivity index (χ0) is 8.32. The Balaban J connectivity index is 2.35. The molecule has 0 amide bonds. The lowest BCUT2D eigenvalue weighted by molar-refractivity contribution is -0.0149. The molecule has 3 heteroatoms. The molecular formula is C8H14N2O. The number of ether oxygens (including phenoxy) is 1. The molecule has 0 bridgehead atoms. The minimum absolute atomic E-state index is 0.0722. The SMILES string of the molecule is CC(C)(C)OCc1cn[nH]c1. The highest BCUT2D eigenvalue weighted by molar-refractivity contribution is 5.00. The van der Waals surface area contributed by atoms with E-state index in [9.17, 15) is 0 Å². The van der Waals surface area contributed by atoms with Gasteiger partial charge in [0, 0.05) is 11.8 Å². The standard InChI is InChI=1S/C8H14N2O/c1-8(2,3)11-6-7-4-9-10-5-7/h4-5H,6H2,1-3H3,(H,9,10). The van der Waals surface area contributed by atoms with Crippen LogP contribution in [0.4, 0.5) is 0 Å². The van der Waals surface area contributed by atoms with Crippen LogP contribution in [0.5, 0.6) is 0 Å². The number of hydrogen-bond acceptors (Lipinski definition) is 2. The quantitative estimate of drug-likeness (QED) is 0.704. The molecule has 0 radical (unpaired) electrons. The zero-order valence-electron chi connectivity index (χ0n) is 7.22. The molecule has 0 spiro atoms. The minimum atomic E-state index is -0.0722. The highest BCUT2D eigenvalue weighted by atomic mass is 16.5. The summed E-state index contributed by atoms with van der Waals surface area (Å²) in [6.07, 6.45) is 3.61. The molecule has 0 atom stereocenters. The Hall–Kier alpha value is -0.830. The largest absolute Gasteiger partial charge is 0.371 e. The predicted molar refractivity (Wildman–Crippen MR) is 43.1 cm³/mol. The molecule has 1 aromatic rings. The van der Waals surface area contributed by atoms with Gasteiger partial charge in [-0.05, 0) is 20.8 Å². The van der Waals surface area contributed by atoms with Crippen LogP contribution in [0.15, 0.2) is 12.4 Å². The molecule has 0 aromatic carbocycles. The van der Waals surface area contributed by atoms with Gasteiger partial charge in [-0.3, -0.25) is 5.10 Å². The third-order valence-corrected chi connectivity index (χ3v) is 1.23. The molecule has 1 rings (SSSR count). The van der Waals surface area contributed by atoms with Crippen LogP contribution in [-0.4, -0.2) is 15.8 Å². The summed E-state index contributed by atoms with van der Waals surface area (Å²) >= 11 is 0. The van der Waals surface area contributed by atoms with Crippen molar-refractivity contribution >= 4 is 0 Å². The summed E-state index contributed by atoms with van der Waals surface area (Å²) in [7, 11) is 0. The van der Waals surface area contributed by atoms with Crippen LogP contribution >= 0.6 is 0 Å². The van der Waals surface area contributed by atoms with Crippen molar-refractivity contribution in [1.29, 1.82) is 0 Å². The van der Waals surface area contributed by atoms with E-state index in [1.807, 2.05) is 27.0 Å². The van der Waals surface area contributed by atoms with Crippen molar-refractivity contribution in [3.8, 4) is 0 Å². The number of nitrogens with zero attached hydrogens (tertiary/aromatic N) is 1. The van der Waals surface area contributed by atoms with Gasteiger partial charge in [-0.25, -0.2) is 0 Å². The zero-order valence-corrected chi connectivity index (χ0v) is 7.22. The van der Waals surface area contributed by atoms with Crippen molar-refractivity contribution in [3.63, 3.8) is 0 Å². The van der Waals surface area contributed by atoms with Crippen molar-refractivity contribution in [2.45, 2.75) is 33.0 Å². The molecule has 1 heterocycles. The fourth-order valence-corrected chi connectivity index (χ4v) is 0.656. The lowest BCUT2D eigenvalue weighted by atomic mass is 10.2. The maximum Gasteiger partial charge on any atom is 0.0754 e. The monoisotopic (exact) mass is 154 g/mol. The minimum Gasteiger partial charge on any atom is -0.371 e. The summed E-state index contributed by atoms with van der Waals surface area (Å²) in [6.45, 7) is 6.73. The first kappa shape index (κ1) is 8.27. The summed E-state index contributed by atoms with van der Waals surface area (Å²) < 4.78 is 5.51. The molecule has 1 N–H and O–H groups in total. The molecule has 3 nitrogen and oxygen atoms in total. The van der Waals surface area contributed by atoms with Gasteiger partial charge in [0.1, 0.15) is 0 Å². The van der Waals surface area contributed by atoms with Gasteiger partial charge in [0.2, 0.25) is 0 Å². The average Bonchev–Trinajstić information content (AvgIpc) is 2.32. The van der Waals surface area contributed by atoms with E-state index in [1.54, 1.807) is 6.20 Å². The predicted octanol–water partition coefficient (Wildman–Crippen LogP) is 1.72. The van der Waals surface area contributed by atoms with E-state index in [-0.39, 0.29) is 5.60 Å². The molecule has 0 aliphatic heterocycles.